The summed E-state index contributed by atoms with van der Waals surface area (Å²) in [4.78, 5) is 0. The lowest BCUT2D eigenvalue weighted by Crippen LogP contribution is -2.32. The van der Waals surface area contributed by atoms with Crippen LogP contribution in [0.3, 0.4) is 0 Å². The van der Waals surface area contributed by atoms with E-state index in [1.165, 1.54) is 10.6 Å². The van der Waals surface area contributed by atoms with Crippen LogP contribution in [0.2, 0.25) is 0 Å². The first kappa shape index (κ1) is 27.6. The van der Waals surface area contributed by atoms with Crippen LogP contribution < -0.4 is 26.6 Å². The van der Waals surface area contributed by atoms with Crippen molar-refractivity contribution in [1.29, 1.82) is 0 Å². The highest BCUT2D eigenvalue weighted by Gasteiger charge is 2.10. The van der Waals surface area contributed by atoms with Gasteiger partial charge in [0.05, 0.1) is 0 Å². The van der Waals surface area contributed by atoms with Crippen LogP contribution in [0.1, 0.15) is 22.3 Å². The summed E-state index contributed by atoms with van der Waals surface area (Å²) in [5, 5.41) is 33.5. The molecule has 2 unspecified atom stereocenters. The maximum Gasteiger partial charge on any atom is 0.152 e. The average Bonchev–Trinajstić information content (AvgIpc) is 2.71. The van der Waals surface area contributed by atoms with Crippen LogP contribution in [-0.2, 0) is 13.1 Å². The second kappa shape index (κ2) is 13.9. The molecule has 2 rings (SSSR count). The molecule has 168 valence electrons. The molecule has 0 fully saturated rings. The summed E-state index contributed by atoms with van der Waals surface area (Å²) in [6, 6.07) is 8.42. The largest absolute Gasteiger partial charge is 0.507 e. The highest BCUT2D eigenvalue weighted by atomic mass is 127. The van der Waals surface area contributed by atoms with Gasteiger partial charge in [-0.3, -0.25) is 0 Å². The predicted octanol–water partition coefficient (Wildman–Crippen LogP) is 2.19. The number of benzene rings is 2. The molecule has 2 aromatic rings. The first-order valence-corrected chi connectivity index (χ1v) is 19.4. The predicted molar refractivity (Wildman–Crippen MR) is 160 cm³/mol. The topological polar surface area (TPSA) is 76.5 Å². The number of phenolic OH excluding ortho intramolecular Hbond substituents is 2. The maximum absolute atomic E-state index is 10.3. The Balaban J connectivity index is 1.66. The van der Waals surface area contributed by atoms with Gasteiger partial charge in [0.1, 0.15) is 11.5 Å². The summed E-state index contributed by atoms with van der Waals surface area (Å²) in [7, 11) is 4.45. The summed E-state index contributed by atoms with van der Waals surface area (Å²) >= 11 is 4.93. The molecule has 0 amide bonds. The van der Waals surface area contributed by atoms with E-state index in [4.69, 9.17) is 0 Å². The van der Waals surface area contributed by atoms with Gasteiger partial charge < -0.3 is 26.2 Å². The van der Waals surface area contributed by atoms with Gasteiger partial charge in [0, 0.05) is 50.4 Å². The van der Waals surface area contributed by atoms with E-state index in [2.05, 4.69) is 99.4 Å². The second-order valence-electron chi connectivity index (χ2n) is 7.60. The van der Waals surface area contributed by atoms with E-state index in [9.17, 15) is 10.2 Å². The number of hydrogen-bond donors (Lipinski definition) is 5. The van der Waals surface area contributed by atoms with Crippen molar-refractivity contribution in [2.75, 3.05) is 26.2 Å². The zero-order valence-electron chi connectivity index (χ0n) is 18.6. The molecule has 0 radical (unpaired) electrons. The van der Waals surface area contributed by atoms with Crippen LogP contribution in [0.15, 0.2) is 24.3 Å². The molecule has 0 saturated carbocycles. The van der Waals surface area contributed by atoms with Crippen molar-refractivity contribution < 1.29 is 10.2 Å². The number of nitrogens with one attached hydrogen (secondary N) is 3. The number of phenols is 2. The van der Waals surface area contributed by atoms with E-state index in [1.54, 1.807) is 0 Å². The summed E-state index contributed by atoms with van der Waals surface area (Å²) in [5.41, 5.74) is 3.45. The lowest BCUT2D eigenvalue weighted by Gasteiger charge is -2.14. The zero-order valence-corrected chi connectivity index (χ0v) is 24.7. The molecule has 5 N–H and O–H groups in total. The van der Waals surface area contributed by atoms with E-state index < -0.39 is 0 Å². The van der Waals surface area contributed by atoms with Crippen molar-refractivity contribution in [2.24, 2.45) is 0 Å². The summed E-state index contributed by atoms with van der Waals surface area (Å²) in [6.45, 7) is 8.68. The SMILES string of the molecule is BP(I)c1cc(C)c(O)c(CNCCNCCNCc2cc(P(B)I)cc(C)c2O)c1. The molecule has 31 heavy (non-hydrogen) atoms. The number of hydrogen-bond acceptors (Lipinski definition) is 5. The molecule has 2 atom stereocenters. The quantitative estimate of drug-likeness (QED) is 0.103. The lowest BCUT2D eigenvalue weighted by molar-refractivity contribution is 0.459. The van der Waals surface area contributed by atoms with Crippen LogP contribution in [-0.4, -0.2) is 51.5 Å². The molecule has 0 aliphatic carbocycles. The molecule has 0 saturated heterocycles. The van der Waals surface area contributed by atoms with Gasteiger partial charge in [0.25, 0.3) is 0 Å². The van der Waals surface area contributed by atoms with Crippen molar-refractivity contribution in [2.45, 2.75) is 26.9 Å². The highest BCUT2D eigenvalue weighted by molar-refractivity contribution is 14.2. The van der Waals surface area contributed by atoms with Gasteiger partial charge in [-0.05, 0) is 59.8 Å². The van der Waals surface area contributed by atoms with Crippen LogP contribution >= 0.6 is 55.0 Å². The zero-order chi connectivity index (χ0) is 23.0. The maximum atomic E-state index is 10.3. The van der Waals surface area contributed by atoms with Crippen LogP contribution in [0.5, 0.6) is 11.5 Å². The monoisotopic (exact) mass is 683 g/mol. The van der Waals surface area contributed by atoms with Gasteiger partial charge in [-0.25, -0.2) is 0 Å². The molecule has 0 aliphatic heterocycles. The van der Waals surface area contributed by atoms with Gasteiger partial charge >= 0.3 is 0 Å². The molecule has 11 heteroatoms. The van der Waals surface area contributed by atoms with Gasteiger partial charge in [0.15, 0.2) is 15.1 Å². The fraction of sp³-hybridized carbons (Fsp3) is 0.400. The van der Waals surface area contributed by atoms with Crippen LogP contribution in [0.4, 0.5) is 0 Å². The summed E-state index contributed by atoms with van der Waals surface area (Å²) < 4.78 is 0. The average molecular weight is 683 g/mol. The Morgan fingerprint density at radius 1 is 0.710 bits per heavy atom. The Labute approximate surface area is 216 Å². The molecule has 0 spiro atoms. The molecular weight excluding hydrogens is 652 g/mol. The second-order valence-corrected chi connectivity index (χ2v) is 19.2. The molecule has 0 aliphatic rings. The number of rotatable bonds is 12. The van der Waals surface area contributed by atoms with Gasteiger partial charge in [-0.1, -0.05) is 55.0 Å². The van der Waals surface area contributed by atoms with E-state index in [0.29, 0.717) is 24.6 Å². The fourth-order valence-corrected chi connectivity index (χ4v) is 6.30. The van der Waals surface area contributed by atoms with E-state index in [1.807, 2.05) is 13.8 Å². The van der Waals surface area contributed by atoms with Crippen molar-refractivity contribution in [3.63, 3.8) is 0 Å². The van der Waals surface area contributed by atoms with Gasteiger partial charge in [-0.2, -0.15) is 0 Å². The van der Waals surface area contributed by atoms with Crippen molar-refractivity contribution >= 4 is 80.7 Å². The van der Waals surface area contributed by atoms with E-state index in [0.717, 1.165) is 48.4 Å². The third-order valence-electron chi connectivity index (χ3n) is 5.03. The van der Waals surface area contributed by atoms with Gasteiger partial charge in [-0.15, -0.1) is 0 Å². The minimum absolute atomic E-state index is 0.200. The van der Waals surface area contributed by atoms with Crippen molar-refractivity contribution in [3.8, 4) is 11.5 Å². The third kappa shape index (κ3) is 8.91. The van der Waals surface area contributed by atoms with Crippen LogP contribution in [0, 0.1) is 13.8 Å². The Morgan fingerprint density at radius 3 is 1.42 bits per heavy atom. The minimum Gasteiger partial charge on any atom is -0.507 e. The molecule has 0 heterocycles. The summed E-state index contributed by atoms with van der Waals surface area (Å²) in [5.74, 6) is 0.810. The molecule has 0 bridgehead atoms. The molecule has 2 aromatic carbocycles. The first-order valence-electron chi connectivity index (χ1n) is 10.3. The standard InChI is InChI=1S/C20H31B2I2N3O2P2/c1-13-7-17(30(21)23)9-15(19(13)28)11-26-5-3-25-4-6-27-12-16-10-18(31(22)24)8-14(2)20(16)29/h7-10,25-29H,3-6,11-12,21-22H2,1-2H3. The minimum atomic E-state index is -0.200. The Kier molecular flexibility index (Phi) is 12.4. The van der Waals surface area contributed by atoms with Crippen molar-refractivity contribution in [3.05, 3.63) is 46.5 Å². The van der Waals surface area contributed by atoms with E-state index in [-0.39, 0.29) is 10.9 Å². The number of halogens is 2. The number of aryl methyl sites for hydroxylation is 2. The van der Waals surface area contributed by atoms with Gasteiger partial charge in [0.2, 0.25) is 0 Å². The Hall–Kier alpha value is 0.370. The normalized spacial score (nSPS) is 13.3. The first-order chi connectivity index (χ1) is 14.7. The van der Waals surface area contributed by atoms with E-state index >= 15 is 0 Å². The Bertz CT molecular complexity index is 807. The lowest BCUT2D eigenvalue weighted by atomic mass is 10.1. The van der Waals surface area contributed by atoms with Crippen molar-refractivity contribution in [1.82, 2.24) is 16.0 Å². The smallest absolute Gasteiger partial charge is 0.152 e. The highest BCUT2D eigenvalue weighted by Crippen LogP contribution is 2.40. The fourth-order valence-electron chi connectivity index (χ4n) is 3.21. The molecular formula is C20H31B2I2N3O2P2. The third-order valence-corrected chi connectivity index (χ3v) is 10.3. The molecule has 0 aromatic heterocycles. The Morgan fingerprint density at radius 2 is 1.06 bits per heavy atom. The summed E-state index contributed by atoms with van der Waals surface area (Å²) in [6.07, 6.45) is 0. The molecule has 5 nitrogen and oxygen atoms in total. The van der Waals surface area contributed by atoms with Crippen LogP contribution in [0.25, 0.3) is 0 Å². The number of aromatic hydroxyl groups is 2.